The quantitative estimate of drug-likeness (QED) is 0.712. The predicted octanol–water partition coefficient (Wildman–Crippen LogP) is 3.68. The lowest BCUT2D eigenvalue weighted by Crippen LogP contribution is -2.25. The molecule has 0 aliphatic heterocycles. The van der Waals surface area contributed by atoms with Gasteiger partial charge in [-0.2, -0.15) is 5.10 Å². The maximum absolute atomic E-state index is 14.1. The molecule has 0 amide bonds. The minimum Gasteiger partial charge on any atom is -0.425 e. The van der Waals surface area contributed by atoms with E-state index in [0.717, 1.165) is 30.5 Å². The van der Waals surface area contributed by atoms with Gasteiger partial charge in [-0.15, -0.1) is 15.3 Å². The van der Waals surface area contributed by atoms with E-state index in [1.165, 1.54) is 18.2 Å². The molecule has 7 heteroatoms. The molecule has 0 radical (unpaired) electrons. The largest absolute Gasteiger partial charge is 0.425 e. The van der Waals surface area contributed by atoms with Crippen LogP contribution in [-0.4, -0.2) is 20.4 Å². The van der Waals surface area contributed by atoms with E-state index >= 15 is 0 Å². The van der Waals surface area contributed by atoms with Crippen molar-refractivity contribution >= 4 is 0 Å². The van der Waals surface area contributed by atoms with Crippen LogP contribution in [0.25, 0.3) is 11.3 Å². The van der Waals surface area contributed by atoms with Crippen LogP contribution in [0.15, 0.2) is 28.7 Å². The van der Waals surface area contributed by atoms with Gasteiger partial charge in [0.05, 0.1) is 22.4 Å². The molecule has 3 aromatic rings. The third kappa shape index (κ3) is 1.92. The summed E-state index contributed by atoms with van der Waals surface area (Å²) in [6, 6.07) is 5.55. The van der Waals surface area contributed by atoms with Crippen molar-refractivity contribution in [2.24, 2.45) is 0 Å². The minimum absolute atomic E-state index is 0.136. The molecular weight excluding hydrogens is 326 g/mol. The number of aryl methyl sites for hydroxylation is 1. The monoisotopic (exact) mass is 340 g/mol. The molecule has 1 fully saturated rings. The second-order valence-corrected chi connectivity index (χ2v) is 6.78. The number of rotatable bonds is 2. The van der Waals surface area contributed by atoms with Gasteiger partial charge in [-0.05, 0) is 48.9 Å². The van der Waals surface area contributed by atoms with Crippen molar-refractivity contribution in [2.75, 3.05) is 0 Å². The van der Waals surface area contributed by atoms with Gasteiger partial charge in [0.15, 0.2) is 0 Å². The van der Waals surface area contributed by atoms with Gasteiger partial charge in [0.1, 0.15) is 11.6 Å². The first-order valence-electron chi connectivity index (χ1n) is 8.21. The molecule has 0 saturated heterocycles. The highest BCUT2D eigenvalue weighted by molar-refractivity contribution is 5.63. The third-order valence-corrected chi connectivity index (χ3v) is 5.39. The average Bonchev–Trinajstić information content (AvgIpc) is 3.29. The Morgan fingerprint density at radius 3 is 2.64 bits per heavy atom. The molecule has 2 aromatic heterocycles. The molecule has 0 spiro atoms. The SMILES string of the molecule is Cc1nnc([C@]23CC[C@H](C2)c2cc(-c4c(F)cccc4F)nnc23)o1. The van der Waals surface area contributed by atoms with Crippen LogP contribution in [-0.2, 0) is 5.41 Å². The Balaban J connectivity index is 1.67. The Morgan fingerprint density at radius 2 is 1.92 bits per heavy atom. The molecule has 1 saturated carbocycles. The summed E-state index contributed by atoms with van der Waals surface area (Å²) in [7, 11) is 0. The van der Waals surface area contributed by atoms with Gasteiger partial charge < -0.3 is 4.42 Å². The van der Waals surface area contributed by atoms with E-state index in [4.69, 9.17) is 4.42 Å². The van der Waals surface area contributed by atoms with Crippen molar-refractivity contribution in [3.05, 3.63) is 58.9 Å². The molecule has 2 heterocycles. The highest BCUT2D eigenvalue weighted by Crippen LogP contribution is 2.59. The number of nitrogens with zero attached hydrogens (tertiary/aromatic N) is 4. The standard InChI is InChI=1S/C18H14F2N4O/c1-9-21-24-17(25-9)18-6-5-10(8-18)11-7-14(22-23-16(11)18)15-12(19)3-2-4-13(15)20/h2-4,7,10H,5-6,8H2,1H3/t10-,18-/m1/s1. The molecule has 5 rings (SSSR count). The van der Waals surface area contributed by atoms with E-state index in [2.05, 4.69) is 20.4 Å². The summed E-state index contributed by atoms with van der Waals surface area (Å²) in [4.78, 5) is 0. The highest BCUT2D eigenvalue weighted by atomic mass is 19.1. The zero-order valence-electron chi connectivity index (χ0n) is 13.5. The number of halogens is 2. The Labute approximate surface area is 142 Å². The molecule has 2 bridgehead atoms. The van der Waals surface area contributed by atoms with Crippen LogP contribution < -0.4 is 0 Å². The van der Waals surface area contributed by atoms with Crippen molar-refractivity contribution in [2.45, 2.75) is 37.5 Å². The Hall–Kier alpha value is -2.70. The fourth-order valence-corrected chi connectivity index (χ4v) is 4.27. The fraction of sp³-hybridized carbons (Fsp3) is 0.333. The van der Waals surface area contributed by atoms with Gasteiger partial charge in [0, 0.05) is 6.92 Å². The van der Waals surface area contributed by atoms with Crippen molar-refractivity contribution in [1.82, 2.24) is 20.4 Å². The molecule has 5 nitrogen and oxygen atoms in total. The summed E-state index contributed by atoms with van der Waals surface area (Å²) < 4.78 is 33.8. The Bertz CT molecular complexity index is 982. The van der Waals surface area contributed by atoms with Crippen LogP contribution in [0.4, 0.5) is 8.78 Å². The van der Waals surface area contributed by atoms with E-state index in [0.29, 0.717) is 11.8 Å². The van der Waals surface area contributed by atoms with Crippen LogP contribution in [0.5, 0.6) is 0 Å². The summed E-state index contributed by atoms with van der Waals surface area (Å²) in [5, 5.41) is 16.6. The van der Waals surface area contributed by atoms with Crippen LogP contribution in [0.2, 0.25) is 0 Å². The van der Waals surface area contributed by atoms with E-state index in [-0.39, 0.29) is 17.2 Å². The highest BCUT2D eigenvalue weighted by Gasteiger charge is 2.55. The van der Waals surface area contributed by atoms with E-state index in [1.807, 2.05) is 0 Å². The maximum atomic E-state index is 14.1. The zero-order chi connectivity index (χ0) is 17.2. The summed E-state index contributed by atoms with van der Waals surface area (Å²) in [6.07, 6.45) is 2.65. The first-order chi connectivity index (χ1) is 12.1. The molecule has 126 valence electrons. The molecule has 2 aliphatic rings. The molecule has 2 atom stereocenters. The summed E-state index contributed by atoms with van der Waals surface area (Å²) in [6.45, 7) is 1.76. The molecule has 2 aliphatic carbocycles. The first-order valence-corrected chi connectivity index (χ1v) is 8.21. The van der Waals surface area contributed by atoms with Gasteiger partial charge in [-0.25, -0.2) is 8.78 Å². The summed E-state index contributed by atoms with van der Waals surface area (Å²) in [5.41, 5.74) is 1.45. The van der Waals surface area contributed by atoms with E-state index in [9.17, 15) is 8.78 Å². The number of fused-ring (bicyclic) bond motifs is 5. The second-order valence-electron chi connectivity index (χ2n) is 6.78. The van der Waals surface area contributed by atoms with Crippen molar-refractivity contribution in [3.8, 4) is 11.3 Å². The number of aromatic nitrogens is 4. The van der Waals surface area contributed by atoms with Gasteiger partial charge >= 0.3 is 0 Å². The van der Waals surface area contributed by atoms with Crippen molar-refractivity contribution in [3.63, 3.8) is 0 Å². The van der Waals surface area contributed by atoms with Gasteiger partial charge in [0.2, 0.25) is 11.8 Å². The van der Waals surface area contributed by atoms with Crippen LogP contribution >= 0.6 is 0 Å². The third-order valence-electron chi connectivity index (χ3n) is 5.39. The molecule has 0 N–H and O–H groups in total. The smallest absolute Gasteiger partial charge is 0.228 e. The molecule has 0 unspecified atom stereocenters. The second kappa shape index (κ2) is 4.91. The van der Waals surface area contributed by atoms with Gasteiger partial charge in [0.25, 0.3) is 0 Å². The number of hydrogen-bond donors (Lipinski definition) is 0. The van der Waals surface area contributed by atoms with Crippen LogP contribution in [0, 0.1) is 18.6 Å². The predicted molar refractivity (Wildman–Crippen MR) is 83.8 cm³/mol. The number of hydrogen-bond acceptors (Lipinski definition) is 5. The van der Waals surface area contributed by atoms with E-state index < -0.39 is 17.0 Å². The lowest BCUT2D eigenvalue weighted by molar-refractivity contribution is 0.362. The zero-order valence-corrected chi connectivity index (χ0v) is 13.5. The molecule has 1 aromatic carbocycles. The number of benzene rings is 1. The van der Waals surface area contributed by atoms with Gasteiger partial charge in [-0.3, -0.25) is 0 Å². The average molecular weight is 340 g/mol. The lowest BCUT2D eigenvalue weighted by atomic mass is 9.83. The summed E-state index contributed by atoms with van der Waals surface area (Å²) >= 11 is 0. The van der Waals surface area contributed by atoms with Crippen LogP contribution in [0.3, 0.4) is 0 Å². The Morgan fingerprint density at radius 1 is 1.12 bits per heavy atom. The molecular formula is C18H14F2N4O. The lowest BCUT2D eigenvalue weighted by Gasteiger charge is -2.23. The first kappa shape index (κ1) is 14.6. The summed E-state index contributed by atoms with van der Waals surface area (Å²) in [5.74, 6) is 0.0650. The van der Waals surface area contributed by atoms with Crippen molar-refractivity contribution < 1.29 is 13.2 Å². The van der Waals surface area contributed by atoms with E-state index in [1.54, 1.807) is 13.0 Å². The normalized spacial score (nSPS) is 23.9. The minimum atomic E-state index is -0.639. The Kier molecular flexibility index (Phi) is 2.87. The topological polar surface area (TPSA) is 64.7 Å². The van der Waals surface area contributed by atoms with Gasteiger partial charge in [-0.1, -0.05) is 6.07 Å². The molecule has 25 heavy (non-hydrogen) atoms. The maximum Gasteiger partial charge on any atom is 0.228 e. The fourth-order valence-electron chi connectivity index (χ4n) is 4.27. The van der Waals surface area contributed by atoms with Crippen LogP contribution in [0.1, 0.15) is 48.2 Å². The van der Waals surface area contributed by atoms with Crippen molar-refractivity contribution in [1.29, 1.82) is 0 Å².